The molecule has 0 saturated carbocycles. The number of sulfone groups is 1. The molecule has 0 heterocycles. The van der Waals surface area contributed by atoms with Gasteiger partial charge in [0.15, 0.2) is 27.1 Å². The van der Waals surface area contributed by atoms with Crippen molar-refractivity contribution in [3.63, 3.8) is 0 Å². The summed E-state index contributed by atoms with van der Waals surface area (Å²) in [5.41, 5.74) is 1.10. The second kappa shape index (κ2) is 7.08. The number of primary amides is 1. The number of nitrogens with two attached hydrogens (primary N) is 1. The molecule has 0 fully saturated rings. The van der Waals surface area contributed by atoms with E-state index in [1.807, 2.05) is 0 Å². The number of amides is 1. The molecule has 2 rings (SSSR count). The Morgan fingerprint density at radius 2 is 1.73 bits per heavy atom. The summed E-state index contributed by atoms with van der Waals surface area (Å²) in [7, 11) is -4.32. The third kappa shape index (κ3) is 3.32. The van der Waals surface area contributed by atoms with Gasteiger partial charge in [-0.25, -0.2) is 21.6 Å². The van der Waals surface area contributed by atoms with Gasteiger partial charge in [0.25, 0.3) is 5.91 Å². The highest BCUT2D eigenvalue weighted by Gasteiger charge is 2.52. The molecule has 140 valence electrons. The minimum Gasteiger partial charge on any atom is -0.374 e. The van der Waals surface area contributed by atoms with E-state index in [9.17, 15) is 31.5 Å². The van der Waals surface area contributed by atoms with Crippen molar-refractivity contribution in [2.75, 3.05) is 5.75 Å². The maximum atomic E-state index is 14.3. The molecule has 0 spiro atoms. The summed E-state index contributed by atoms with van der Waals surface area (Å²) in [6.45, 7) is 1.23. The number of carbonyl (C=O) groups excluding carboxylic acids is 1. The molecule has 0 aliphatic heterocycles. The maximum Gasteiger partial charge on any atom is 0.255 e. The first-order chi connectivity index (χ1) is 12.1. The van der Waals surface area contributed by atoms with E-state index in [4.69, 9.17) is 5.73 Å². The van der Waals surface area contributed by atoms with Crippen molar-refractivity contribution in [3.8, 4) is 0 Å². The van der Waals surface area contributed by atoms with E-state index in [0.29, 0.717) is 12.1 Å². The number of rotatable bonds is 6. The van der Waals surface area contributed by atoms with Crippen LogP contribution in [0.1, 0.15) is 23.3 Å². The van der Waals surface area contributed by atoms with Gasteiger partial charge in [-0.3, -0.25) is 4.79 Å². The van der Waals surface area contributed by atoms with Gasteiger partial charge in [-0.2, -0.15) is 0 Å². The van der Waals surface area contributed by atoms with E-state index in [1.165, 1.54) is 19.1 Å². The molecule has 9 heteroatoms. The van der Waals surface area contributed by atoms with Crippen LogP contribution in [-0.4, -0.2) is 25.2 Å². The van der Waals surface area contributed by atoms with Gasteiger partial charge in [0.05, 0.1) is 0 Å². The zero-order valence-electron chi connectivity index (χ0n) is 13.6. The summed E-state index contributed by atoms with van der Waals surface area (Å²) < 4.78 is 66.4. The van der Waals surface area contributed by atoms with E-state index in [1.54, 1.807) is 0 Å². The molecule has 1 amide bonds. The van der Waals surface area contributed by atoms with Gasteiger partial charge in [-0.1, -0.05) is 31.2 Å². The van der Waals surface area contributed by atoms with Crippen LogP contribution in [0.3, 0.4) is 0 Å². The lowest BCUT2D eigenvalue weighted by atomic mass is 9.85. The first kappa shape index (κ1) is 19.9. The van der Waals surface area contributed by atoms with Crippen molar-refractivity contribution in [1.82, 2.24) is 0 Å². The van der Waals surface area contributed by atoms with Crippen LogP contribution in [0.5, 0.6) is 0 Å². The largest absolute Gasteiger partial charge is 0.374 e. The second-order valence-corrected chi connectivity index (χ2v) is 7.99. The average molecular weight is 387 g/mol. The van der Waals surface area contributed by atoms with Gasteiger partial charge >= 0.3 is 0 Å². The molecule has 3 N–H and O–H groups in total. The molecule has 0 aromatic heterocycles. The topological polar surface area (TPSA) is 97.5 Å². The number of benzene rings is 2. The molecule has 26 heavy (non-hydrogen) atoms. The lowest BCUT2D eigenvalue weighted by Gasteiger charge is -2.33. The smallest absolute Gasteiger partial charge is 0.255 e. The van der Waals surface area contributed by atoms with Crippen molar-refractivity contribution in [2.24, 2.45) is 5.73 Å². The molecule has 0 saturated heterocycles. The van der Waals surface area contributed by atoms with E-state index in [2.05, 4.69) is 0 Å². The molecule has 5 nitrogen and oxygen atoms in total. The SMILES string of the molecule is CCS(=O)(=O)C(c1ccccc1F)C(O)(C(N)=O)c1ccc(F)c(F)c1. The van der Waals surface area contributed by atoms with Crippen LogP contribution in [0.2, 0.25) is 0 Å². The summed E-state index contributed by atoms with van der Waals surface area (Å²) in [6, 6.07) is 6.50. The van der Waals surface area contributed by atoms with Gasteiger partial charge in [-0.15, -0.1) is 0 Å². The number of hydrogen-bond donors (Lipinski definition) is 2. The Morgan fingerprint density at radius 1 is 1.12 bits per heavy atom. The molecule has 2 aromatic carbocycles. The maximum absolute atomic E-state index is 14.3. The number of halogens is 3. The number of aliphatic hydroxyl groups is 1. The van der Waals surface area contributed by atoms with Gasteiger partial charge in [0.2, 0.25) is 0 Å². The molecule has 0 aliphatic carbocycles. The van der Waals surface area contributed by atoms with Gasteiger partial charge < -0.3 is 10.8 Å². The van der Waals surface area contributed by atoms with Crippen LogP contribution in [0.15, 0.2) is 42.5 Å². The van der Waals surface area contributed by atoms with Crippen LogP contribution >= 0.6 is 0 Å². The Bertz CT molecular complexity index is 949. The summed E-state index contributed by atoms with van der Waals surface area (Å²) in [5.74, 6) is -5.82. The standard InChI is InChI=1S/C17H16F3NO4S/c1-2-26(24,25)15(11-5-3-4-6-12(11)18)17(23,16(21)22)10-7-8-13(19)14(20)9-10/h3-9,15,23H,2H2,1H3,(H2,21,22). The highest BCUT2D eigenvalue weighted by Crippen LogP contribution is 2.42. The predicted molar refractivity (Wildman–Crippen MR) is 88.1 cm³/mol. The summed E-state index contributed by atoms with van der Waals surface area (Å²) in [4.78, 5) is 12.1. The molecule has 0 aliphatic rings. The van der Waals surface area contributed by atoms with Crippen molar-refractivity contribution in [2.45, 2.75) is 17.8 Å². The van der Waals surface area contributed by atoms with Crippen molar-refractivity contribution < 1.29 is 31.5 Å². The summed E-state index contributed by atoms with van der Waals surface area (Å²) in [6.07, 6.45) is 0. The highest BCUT2D eigenvalue weighted by molar-refractivity contribution is 7.91. The van der Waals surface area contributed by atoms with Crippen LogP contribution in [0.25, 0.3) is 0 Å². The molecular weight excluding hydrogens is 371 g/mol. The Hall–Kier alpha value is -2.39. The van der Waals surface area contributed by atoms with Crippen LogP contribution in [-0.2, 0) is 20.2 Å². The lowest BCUT2D eigenvalue weighted by Crippen LogP contribution is -2.49. The molecule has 2 aromatic rings. The fourth-order valence-electron chi connectivity index (χ4n) is 2.69. The van der Waals surface area contributed by atoms with Gasteiger partial charge in [-0.05, 0) is 23.8 Å². The van der Waals surface area contributed by atoms with E-state index in [-0.39, 0.29) is 0 Å². The van der Waals surface area contributed by atoms with E-state index in [0.717, 1.165) is 18.2 Å². The average Bonchev–Trinajstić information content (AvgIpc) is 2.58. The predicted octanol–water partition coefficient (Wildman–Crippen LogP) is 1.95. The molecule has 2 atom stereocenters. The molecule has 0 bridgehead atoms. The fraction of sp³-hybridized carbons (Fsp3) is 0.235. The van der Waals surface area contributed by atoms with Crippen LogP contribution in [0.4, 0.5) is 13.2 Å². The Balaban J connectivity index is 2.87. The van der Waals surface area contributed by atoms with Crippen molar-refractivity contribution in [1.29, 1.82) is 0 Å². The van der Waals surface area contributed by atoms with Gasteiger partial charge in [0, 0.05) is 11.3 Å². The Kier molecular flexibility index (Phi) is 5.43. The van der Waals surface area contributed by atoms with Gasteiger partial charge in [0.1, 0.15) is 11.1 Å². The summed E-state index contributed by atoms with van der Waals surface area (Å²) in [5, 5.41) is 8.82. The van der Waals surface area contributed by atoms with Crippen LogP contribution < -0.4 is 5.73 Å². The van der Waals surface area contributed by atoms with E-state index < -0.39 is 60.9 Å². The molecular formula is C17H16F3NO4S. The third-order valence-electron chi connectivity index (χ3n) is 4.06. The number of hydrogen-bond acceptors (Lipinski definition) is 4. The first-order valence-corrected chi connectivity index (χ1v) is 9.21. The fourth-order valence-corrected chi connectivity index (χ4v) is 4.37. The van der Waals surface area contributed by atoms with Crippen LogP contribution in [0, 0.1) is 17.5 Å². The first-order valence-electron chi connectivity index (χ1n) is 7.49. The number of carbonyl (C=O) groups is 1. The molecule has 2 unspecified atom stereocenters. The Morgan fingerprint density at radius 3 is 2.23 bits per heavy atom. The lowest BCUT2D eigenvalue weighted by molar-refractivity contribution is -0.137. The summed E-state index contributed by atoms with van der Waals surface area (Å²) >= 11 is 0. The van der Waals surface area contributed by atoms with Crippen molar-refractivity contribution >= 4 is 15.7 Å². The van der Waals surface area contributed by atoms with Crippen molar-refractivity contribution in [3.05, 3.63) is 71.0 Å². The quantitative estimate of drug-likeness (QED) is 0.792. The minimum atomic E-state index is -4.32. The third-order valence-corrected chi connectivity index (χ3v) is 6.18. The normalized spacial score (nSPS) is 15.3. The monoisotopic (exact) mass is 387 g/mol. The zero-order valence-corrected chi connectivity index (χ0v) is 14.4. The molecule has 0 radical (unpaired) electrons. The minimum absolute atomic E-state index is 0.457. The second-order valence-electron chi connectivity index (χ2n) is 5.61. The Labute approximate surface area is 148 Å². The zero-order chi connectivity index (χ0) is 19.7. The highest BCUT2D eigenvalue weighted by atomic mass is 32.2. The van der Waals surface area contributed by atoms with E-state index >= 15 is 0 Å².